The van der Waals surface area contributed by atoms with Crippen molar-refractivity contribution in [1.29, 1.82) is 0 Å². The molecule has 13 heteroatoms. The number of urea groups is 1. The maximum atomic E-state index is 13.8. The smallest absolute Gasteiger partial charge is 0.416 e. The van der Waals surface area contributed by atoms with Crippen LogP contribution in [-0.2, 0) is 15.7 Å². The van der Waals surface area contributed by atoms with Gasteiger partial charge in [0, 0.05) is 24.7 Å². The SMILES string of the molecule is Cc1nc(-c2cccc(C(F)(F)F)c2)nc2c1N1CCC[C@@H](C1)N2C(=O)Nc1cncc(OCC2COC(C)(C)O2)c1. The average molecular weight is 585 g/mol. The summed E-state index contributed by atoms with van der Waals surface area (Å²) < 4.78 is 57.4. The summed E-state index contributed by atoms with van der Waals surface area (Å²) in [5.74, 6) is 0.276. The summed E-state index contributed by atoms with van der Waals surface area (Å²) in [6.45, 7) is 7.51. The van der Waals surface area contributed by atoms with Crippen molar-refractivity contribution in [2.24, 2.45) is 0 Å². The Kier molecular flexibility index (Phi) is 7.17. The lowest BCUT2D eigenvalue weighted by Gasteiger charge is -2.46. The van der Waals surface area contributed by atoms with E-state index in [4.69, 9.17) is 14.2 Å². The van der Waals surface area contributed by atoms with Crippen molar-refractivity contribution in [1.82, 2.24) is 15.0 Å². The van der Waals surface area contributed by atoms with Gasteiger partial charge in [-0.3, -0.25) is 9.88 Å². The highest BCUT2D eigenvalue weighted by Crippen LogP contribution is 2.41. The van der Waals surface area contributed by atoms with Gasteiger partial charge < -0.3 is 24.4 Å². The van der Waals surface area contributed by atoms with Crippen molar-refractivity contribution < 1.29 is 32.2 Å². The topological polar surface area (TPSA) is 102 Å². The normalized spacial score (nSPS) is 21.2. The Bertz CT molecular complexity index is 1500. The van der Waals surface area contributed by atoms with Crippen LogP contribution in [0.1, 0.15) is 37.9 Å². The molecule has 0 aliphatic carbocycles. The maximum Gasteiger partial charge on any atom is 0.416 e. The third-order valence-corrected chi connectivity index (χ3v) is 7.48. The Hall–Kier alpha value is -3.97. The van der Waals surface area contributed by atoms with E-state index in [1.54, 1.807) is 24.1 Å². The Morgan fingerprint density at radius 3 is 2.81 bits per heavy atom. The molecule has 0 saturated carbocycles. The first-order chi connectivity index (χ1) is 20.0. The van der Waals surface area contributed by atoms with E-state index in [0.29, 0.717) is 41.8 Å². The zero-order valence-corrected chi connectivity index (χ0v) is 23.4. The second kappa shape index (κ2) is 10.7. The summed E-state index contributed by atoms with van der Waals surface area (Å²) in [4.78, 5) is 31.0. The number of carbonyl (C=O) groups excluding carboxylic acids is 1. The number of ether oxygens (including phenoxy) is 3. The molecule has 2 aromatic heterocycles. The van der Waals surface area contributed by atoms with Gasteiger partial charge in [-0.05, 0) is 45.7 Å². The van der Waals surface area contributed by atoms with E-state index in [-0.39, 0.29) is 30.1 Å². The van der Waals surface area contributed by atoms with E-state index >= 15 is 0 Å². The van der Waals surface area contributed by atoms with E-state index in [0.717, 1.165) is 31.5 Å². The number of nitrogens with zero attached hydrogens (tertiary/aromatic N) is 5. The monoisotopic (exact) mass is 584 g/mol. The van der Waals surface area contributed by atoms with Gasteiger partial charge in [0.15, 0.2) is 17.4 Å². The summed E-state index contributed by atoms with van der Waals surface area (Å²) in [5.41, 5.74) is 1.14. The summed E-state index contributed by atoms with van der Waals surface area (Å²) in [6.07, 6.45) is -0.0471. The molecule has 3 aliphatic rings. The van der Waals surface area contributed by atoms with Crippen LogP contribution in [0.25, 0.3) is 11.4 Å². The van der Waals surface area contributed by atoms with Crippen LogP contribution in [0.4, 0.5) is 35.2 Å². The second-order valence-electron chi connectivity index (χ2n) is 11.1. The van der Waals surface area contributed by atoms with Gasteiger partial charge in [-0.15, -0.1) is 0 Å². The second-order valence-corrected chi connectivity index (χ2v) is 11.1. The van der Waals surface area contributed by atoms with E-state index in [2.05, 4.69) is 25.2 Å². The molecule has 6 rings (SSSR count). The van der Waals surface area contributed by atoms with Crippen molar-refractivity contribution >= 4 is 23.2 Å². The molecule has 2 saturated heterocycles. The lowest BCUT2D eigenvalue weighted by atomic mass is 9.99. The Labute approximate surface area is 240 Å². The predicted molar refractivity (Wildman–Crippen MR) is 149 cm³/mol. The molecule has 0 radical (unpaired) electrons. The molecule has 2 amide bonds. The minimum Gasteiger partial charge on any atom is -0.489 e. The largest absolute Gasteiger partial charge is 0.489 e. The number of aromatic nitrogens is 3. The van der Waals surface area contributed by atoms with Gasteiger partial charge in [0.2, 0.25) is 0 Å². The highest BCUT2D eigenvalue weighted by atomic mass is 19.4. The van der Waals surface area contributed by atoms with Crippen LogP contribution >= 0.6 is 0 Å². The number of aryl methyl sites for hydroxylation is 1. The number of hydrogen-bond donors (Lipinski definition) is 1. The standard InChI is InChI=1S/C29H31F3N6O4/c1-17-24-26(36-25(34-17)18-6-4-7-19(10-18)29(30,31)32)38(21-8-5-9-37(24)14-21)27(39)35-20-11-22(13-33-12-20)40-15-23-16-41-28(2,3)42-23/h4,6-7,10-13,21,23H,5,8-9,14-16H2,1-3H3,(H,35,39)/t21-,23?/m0/s1. The fourth-order valence-corrected chi connectivity index (χ4v) is 5.64. The van der Waals surface area contributed by atoms with Gasteiger partial charge in [0.1, 0.15) is 24.1 Å². The molecular weight excluding hydrogens is 553 g/mol. The van der Waals surface area contributed by atoms with Crippen LogP contribution in [-0.4, -0.2) is 65.2 Å². The van der Waals surface area contributed by atoms with Gasteiger partial charge in [0.05, 0.1) is 42.0 Å². The van der Waals surface area contributed by atoms with E-state index in [1.807, 2.05) is 13.8 Å². The lowest BCUT2D eigenvalue weighted by Crippen LogP contribution is -2.56. The highest BCUT2D eigenvalue weighted by Gasteiger charge is 2.40. The number of alkyl halides is 3. The van der Waals surface area contributed by atoms with Crippen LogP contribution in [0, 0.1) is 6.92 Å². The van der Waals surface area contributed by atoms with Gasteiger partial charge in [-0.25, -0.2) is 14.8 Å². The Balaban J connectivity index is 1.27. The van der Waals surface area contributed by atoms with Crippen molar-refractivity contribution in [3.05, 3.63) is 54.0 Å². The summed E-state index contributed by atoms with van der Waals surface area (Å²) >= 11 is 0. The summed E-state index contributed by atoms with van der Waals surface area (Å²) in [6, 6.07) is 5.96. The molecule has 0 spiro atoms. The van der Waals surface area contributed by atoms with Gasteiger partial charge >= 0.3 is 12.2 Å². The van der Waals surface area contributed by atoms with E-state index < -0.39 is 23.6 Å². The molecule has 222 valence electrons. The van der Waals surface area contributed by atoms with E-state index in [1.165, 1.54) is 18.3 Å². The number of piperidine rings is 1. The number of fused-ring (bicyclic) bond motifs is 4. The Morgan fingerprint density at radius 2 is 2.05 bits per heavy atom. The van der Waals surface area contributed by atoms with E-state index in [9.17, 15) is 18.0 Å². The molecule has 5 heterocycles. The van der Waals surface area contributed by atoms with Crippen LogP contribution in [0.2, 0.25) is 0 Å². The molecule has 1 unspecified atom stereocenters. The number of anilines is 3. The number of pyridine rings is 1. The summed E-state index contributed by atoms with van der Waals surface area (Å²) in [5, 5.41) is 2.91. The summed E-state index contributed by atoms with van der Waals surface area (Å²) in [7, 11) is 0. The molecule has 2 bridgehead atoms. The fraction of sp³-hybridized carbons (Fsp3) is 0.448. The minimum absolute atomic E-state index is 0.120. The van der Waals surface area contributed by atoms with Crippen molar-refractivity contribution in [2.45, 2.75) is 57.7 Å². The van der Waals surface area contributed by atoms with Crippen LogP contribution < -0.4 is 19.9 Å². The maximum absolute atomic E-state index is 13.8. The number of benzene rings is 1. The van der Waals surface area contributed by atoms with Crippen LogP contribution in [0.15, 0.2) is 42.7 Å². The number of hydrogen-bond acceptors (Lipinski definition) is 8. The average Bonchev–Trinajstić information content (AvgIpc) is 3.30. The molecule has 42 heavy (non-hydrogen) atoms. The first-order valence-electron chi connectivity index (χ1n) is 13.8. The number of carbonyl (C=O) groups is 1. The number of amides is 2. The van der Waals surface area contributed by atoms with Crippen molar-refractivity contribution in [3.63, 3.8) is 0 Å². The molecule has 2 fully saturated rings. The lowest BCUT2D eigenvalue weighted by molar-refractivity contribution is -0.141. The number of rotatable bonds is 5. The number of halogens is 3. The Morgan fingerprint density at radius 1 is 1.21 bits per heavy atom. The third-order valence-electron chi connectivity index (χ3n) is 7.48. The van der Waals surface area contributed by atoms with Crippen LogP contribution in [0.3, 0.4) is 0 Å². The van der Waals surface area contributed by atoms with Gasteiger partial charge in [-0.2, -0.15) is 13.2 Å². The zero-order chi connectivity index (χ0) is 29.6. The minimum atomic E-state index is -4.51. The molecule has 2 atom stereocenters. The molecule has 1 aromatic carbocycles. The first-order valence-corrected chi connectivity index (χ1v) is 13.8. The van der Waals surface area contributed by atoms with Crippen molar-refractivity contribution in [3.8, 4) is 17.1 Å². The highest BCUT2D eigenvalue weighted by molar-refractivity contribution is 6.04. The molecule has 10 nitrogen and oxygen atoms in total. The van der Waals surface area contributed by atoms with Gasteiger partial charge in [-0.1, -0.05) is 12.1 Å². The first kappa shape index (κ1) is 28.2. The fourth-order valence-electron chi connectivity index (χ4n) is 5.64. The molecule has 1 N–H and O–H groups in total. The van der Waals surface area contributed by atoms with Crippen molar-refractivity contribution in [2.75, 3.05) is 41.4 Å². The predicted octanol–water partition coefficient (Wildman–Crippen LogP) is 5.42. The molecule has 3 aliphatic heterocycles. The molecule has 3 aromatic rings. The molecular formula is C29H31F3N6O4. The quantitative estimate of drug-likeness (QED) is 0.425. The zero-order valence-electron chi connectivity index (χ0n) is 23.4. The van der Waals surface area contributed by atoms with Gasteiger partial charge in [0.25, 0.3) is 0 Å². The third kappa shape index (κ3) is 5.71. The van der Waals surface area contributed by atoms with Crippen LogP contribution in [0.5, 0.6) is 5.75 Å². The number of nitrogens with one attached hydrogen (secondary N) is 1.